The van der Waals surface area contributed by atoms with E-state index in [0.717, 1.165) is 22.1 Å². The maximum Gasteiger partial charge on any atom is 0.102 e. The van der Waals surface area contributed by atoms with E-state index in [1.54, 1.807) is 11.8 Å². The molecule has 2 atom stereocenters. The quantitative estimate of drug-likeness (QED) is 0.798. The second-order valence-electron chi connectivity index (χ2n) is 3.85. The van der Waals surface area contributed by atoms with Gasteiger partial charge in [-0.25, -0.2) is 0 Å². The molecule has 0 amide bonds. The van der Waals surface area contributed by atoms with E-state index in [4.69, 9.17) is 11.6 Å². The van der Waals surface area contributed by atoms with Crippen LogP contribution in [0.4, 0.5) is 0 Å². The summed E-state index contributed by atoms with van der Waals surface area (Å²) in [5, 5.41) is 11.2. The molecule has 1 N–H and O–H groups in total. The van der Waals surface area contributed by atoms with E-state index in [0.29, 0.717) is 5.92 Å². The topological polar surface area (TPSA) is 20.2 Å². The lowest BCUT2D eigenvalue weighted by atomic mass is 9.85. The molecule has 76 valence electrons. The Kier molecular flexibility index (Phi) is 2.78. The molecule has 1 nitrogen and oxygen atoms in total. The van der Waals surface area contributed by atoms with Gasteiger partial charge in [-0.3, -0.25) is 0 Å². The van der Waals surface area contributed by atoms with E-state index < -0.39 is 5.60 Å². The Morgan fingerprint density at radius 1 is 1.43 bits per heavy atom. The second-order valence-corrected chi connectivity index (χ2v) is 5.31. The largest absolute Gasteiger partial charge is 0.384 e. The number of benzene rings is 1. The van der Waals surface area contributed by atoms with Crippen LogP contribution in [0.25, 0.3) is 0 Å². The van der Waals surface area contributed by atoms with Gasteiger partial charge in [0.05, 0.1) is 0 Å². The van der Waals surface area contributed by atoms with Gasteiger partial charge < -0.3 is 5.11 Å². The third-order valence-corrected chi connectivity index (χ3v) is 4.48. The summed E-state index contributed by atoms with van der Waals surface area (Å²) < 4.78 is 0. The average Bonchev–Trinajstić information content (AvgIpc) is 2.49. The molecular weight excluding hydrogens is 216 g/mol. The minimum atomic E-state index is -0.657. The Hall–Kier alpha value is -0.180. The van der Waals surface area contributed by atoms with Crippen LogP contribution in [-0.4, -0.2) is 16.6 Å². The number of halogens is 1. The molecule has 1 saturated heterocycles. The van der Waals surface area contributed by atoms with Gasteiger partial charge in [0.15, 0.2) is 0 Å². The lowest BCUT2D eigenvalue weighted by Crippen LogP contribution is -2.32. The van der Waals surface area contributed by atoms with Crippen LogP contribution in [0.1, 0.15) is 12.5 Å². The zero-order valence-corrected chi connectivity index (χ0v) is 9.61. The highest BCUT2D eigenvalue weighted by Crippen LogP contribution is 2.41. The molecule has 0 radical (unpaired) electrons. The smallest absolute Gasteiger partial charge is 0.102 e. The molecule has 1 aromatic rings. The first-order valence-electron chi connectivity index (χ1n) is 4.69. The minimum absolute atomic E-state index is 0.314. The number of thioether (sulfide) groups is 1. The van der Waals surface area contributed by atoms with Crippen molar-refractivity contribution >= 4 is 23.4 Å². The maximum absolute atomic E-state index is 10.5. The SMILES string of the molecule is CC1CSCC1(O)c1ccc(Cl)cc1. The van der Waals surface area contributed by atoms with E-state index in [2.05, 4.69) is 6.92 Å². The first-order valence-corrected chi connectivity index (χ1v) is 6.22. The van der Waals surface area contributed by atoms with Crippen LogP contribution in [-0.2, 0) is 5.60 Å². The fourth-order valence-electron chi connectivity index (χ4n) is 1.78. The highest BCUT2D eigenvalue weighted by atomic mass is 35.5. The third kappa shape index (κ3) is 1.67. The van der Waals surface area contributed by atoms with Crippen molar-refractivity contribution in [3.63, 3.8) is 0 Å². The van der Waals surface area contributed by atoms with Gasteiger partial charge in [-0.1, -0.05) is 30.7 Å². The molecule has 1 heterocycles. The van der Waals surface area contributed by atoms with Crippen molar-refractivity contribution in [1.82, 2.24) is 0 Å². The lowest BCUT2D eigenvalue weighted by Gasteiger charge is -2.27. The summed E-state index contributed by atoms with van der Waals surface area (Å²) in [7, 11) is 0. The van der Waals surface area contributed by atoms with Gasteiger partial charge in [0.2, 0.25) is 0 Å². The summed E-state index contributed by atoms with van der Waals surface area (Å²) in [6, 6.07) is 7.52. The van der Waals surface area contributed by atoms with Crippen LogP contribution in [0.15, 0.2) is 24.3 Å². The highest BCUT2D eigenvalue weighted by molar-refractivity contribution is 7.99. The monoisotopic (exact) mass is 228 g/mol. The zero-order valence-electron chi connectivity index (χ0n) is 8.03. The van der Waals surface area contributed by atoms with Crippen molar-refractivity contribution in [2.45, 2.75) is 12.5 Å². The summed E-state index contributed by atoms with van der Waals surface area (Å²) in [5.74, 6) is 2.13. The van der Waals surface area contributed by atoms with Crippen molar-refractivity contribution < 1.29 is 5.11 Å². The molecule has 2 rings (SSSR count). The Balaban J connectivity index is 2.34. The Labute approximate surface area is 93.5 Å². The minimum Gasteiger partial charge on any atom is -0.384 e. The van der Waals surface area contributed by atoms with E-state index >= 15 is 0 Å². The fraction of sp³-hybridized carbons (Fsp3) is 0.455. The van der Waals surface area contributed by atoms with E-state index in [1.165, 1.54) is 0 Å². The van der Waals surface area contributed by atoms with Gasteiger partial charge in [0.1, 0.15) is 5.60 Å². The van der Waals surface area contributed by atoms with Crippen LogP contribution in [0.5, 0.6) is 0 Å². The van der Waals surface area contributed by atoms with Gasteiger partial charge in [-0.2, -0.15) is 11.8 Å². The van der Waals surface area contributed by atoms with Gasteiger partial charge in [0.25, 0.3) is 0 Å². The molecule has 0 aliphatic carbocycles. The molecule has 0 bridgehead atoms. The van der Waals surface area contributed by atoms with Crippen molar-refractivity contribution in [3.05, 3.63) is 34.9 Å². The number of aliphatic hydroxyl groups is 1. The normalized spacial score (nSPS) is 32.1. The number of hydrogen-bond donors (Lipinski definition) is 1. The third-order valence-electron chi connectivity index (χ3n) is 2.85. The van der Waals surface area contributed by atoms with Crippen LogP contribution < -0.4 is 0 Å². The number of rotatable bonds is 1. The second kappa shape index (κ2) is 3.76. The Morgan fingerprint density at radius 2 is 2.07 bits per heavy atom. The van der Waals surface area contributed by atoms with Crippen molar-refractivity contribution in [2.75, 3.05) is 11.5 Å². The molecule has 1 fully saturated rings. The summed E-state index contributed by atoms with van der Waals surface area (Å²) in [6.45, 7) is 2.09. The summed E-state index contributed by atoms with van der Waals surface area (Å²) in [5.41, 5.74) is 0.328. The Bertz CT molecular complexity index is 325. The summed E-state index contributed by atoms with van der Waals surface area (Å²) >= 11 is 7.62. The van der Waals surface area contributed by atoms with E-state index in [9.17, 15) is 5.11 Å². The predicted molar refractivity (Wildman–Crippen MR) is 61.8 cm³/mol. The molecule has 1 aliphatic heterocycles. The van der Waals surface area contributed by atoms with Gasteiger partial charge in [-0.05, 0) is 29.4 Å². The molecule has 1 aromatic carbocycles. The molecule has 3 heteroatoms. The van der Waals surface area contributed by atoms with Crippen LogP contribution in [0.3, 0.4) is 0 Å². The van der Waals surface area contributed by atoms with E-state index in [1.807, 2.05) is 24.3 Å². The first-order chi connectivity index (χ1) is 6.63. The van der Waals surface area contributed by atoms with Crippen LogP contribution in [0.2, 0.25) is 5.02 Å². The van der Waals surface area contributed by atoms with Crippen molar-refractivity contribution in [1.29, 1.82) is 0 Å². The molecule has 2 unspecified atom stereocenters. The molecule has 0 aromatic heterocycles. The van der Waals surface area contributed by atoms with Gasteiger partial charge >= 0.3 is 0 Å². The number of hydrogen-bond acceptors (Lipinski definition) is 2. The summed E-state index contributed by atoms with van der Waals surface area (Å²) in [4.78, 5) is 0. The average molecular weight is 229 g/mol. The van der Waals surface area contributed by atoms with Crippen LogP contribution >= 0.6 is 23.4 Å². The van der Waals surface area contributed by atoms with Crippen molar-refractivity contribution in [2.24, 2.45) is 5.92 Å². The van der Waals surface area contributed by atoms with Gasteiger partial charge in [0, 0.05) is 10.8 Å². The molecule has 0 spiro atoms. The van der Waals surface area contributed by atoms with E-state index in [-0.39, 0.29) is 0 Å². The molecule has 0 saturated carbocycles. The van der Waals surface area contributed by atoms with Crippen molar-refractivity contribution in [3.8, 4) is 0 Å². The molecule has 1 aliphatic rings. The first kappa shape index (κ1) is 10.3. The lowest BCUT2D eigenvalue weighted by molar-refractivity contribution is 0.0234. The van der Waals surface area contributed by atoms with Gasteiger partial charge in [-0.15, -0.1) is 0 Å². The highest BCUT2D eigenvalue weighted by Gasteiger charge is 2.40. The van der Waals surface area contributed by atoms with Crippen LogP contribution in [0, 0.1) is 5.92 Å². The zero-order chi connectivity index (χ0) is 10.2. The predicted octanol–water partition coefficient (Wildman–Crippen LogP) is 2.91. The standard InChI is InChI=1S/C11H13ClOS/c1-8-6-14-7-11(8,13)9-2-4-10(12)5-3-9/h2-5,8,13H,6-7H2,1H3. The Morgan fingerprint density at radius 3 is 2.57 bits per heavy atom. The fourth-order valence-corrected chi connectivity index (χ4v) is 3.41. The molecular formula is C11H13ClOS. The molecule has 14 heavy (non-hydrogen) atoms. The summed E-state index contributed by atoms with van der Waals surface area (Å²) in [6.07, 6.45) is 0. The maximum atomic E-state index is 10.5.